The highest BCUT2D eigenvalue weighted by molar-refractivity contribution is 5.92. The number of pyridine rings is 1. The van der Waals surface area contributed by atoms with E-state index < -0.39 is 4.92 Å². The van der Waals surface area contributed by atoms with Crippen LogP contribution in [0.3, 0.4) is 0 Å². The first-order chi connectivity index (χ1) is 11.2. The third kappa shape index (κ3) is 3.13. The van der Waals surface area contributed by atoms with E-state index in [1.165, 1.54) is 12.1 Å². The lowest BCUT2D eigenvalue weighted by Gasteiger charge is -2.25. The first-order valence-electron chi connectivity index (χ1n) is 7.38. The van der Waals surface area contributed by atoms with Crippen LogP contribution in [0.5, 0.6) is 0 Å². The molecule has 1 atom stereocenters. The van der Waals surface area contributed by atoms with Crippen molar-refractivity contribution >= 4 is 17.4 Å². The van der Waals surface area contributed by atoms with Crippen molar-refractivity contribution in [1.82, 2.24) is 9.88 Å². The third-order valence-corrected chi connectivity index (χ3v) is 3.93. The SMILES string of the molecule is O=C(Nc1ccccc1[N+](=O)[O-])N1CCCC1c1cccnc1. The van der Waals surface area contributed by atoms with Crippen LogP contribution in [-0.4, -0.2) is 27.4 Å². The number of anilines is 1. The molecule has 23 heavy (non-hydrogen) atoms. The molecule has 1 aliphatic heterocycles. The van der Waals surface area contributed by atoms with Gasteiger partial charge in [0, 0.05) is 25.0 Å². The molecule has 0 saturated carbocycles. The van der Waals surface area contributed by atoms with Gasteiger partial charge in [0.15, 0.2) is 0 Å². The summed E-state index contributed by atoms with van der Waals surface area (Å²) in [5.74, 6) is 0. The van der Waals surface area contributed by atoms with Gasteiger partial charge in [0.1, 0.15) is 5.69 Å². The minimum atomic E-state index is -0.502. The van der Waals surface area contributed by atoms with Crippen molar-refractivity contribution in [2.45, 2.75) is 18.9 Å². The molecule has 1 aliphatic rings. The summed E-state index contributed by atoms with van der Waals surface area (Å²) < 4.78 is 0. The summed E-state index contributed by atoms with van der Waals surface area (Å²) in [4.78, 5) is 28.9. The number of benzene rings is 1. The molecule has 1 unspecified atom stereocenters. The number of hydrogen-bond donors (Lipinski definition) is 1. The molecule has 2 heterocycles. The first-order valence-corrected chi connectivity index (χ1v) is 7.38. The maximum absolute atomic E-state index is 12.5. The molecule has 1 aromatic carbocycles. The van der Waals surface area contributed by atoms with Crippen LogP contribution >= 0.6 is 0 Å². The zero-order chi connectivity index (χ0) is 16.2. The van der Waals surface area contributed by atoms with E-state index in [2.05, 4.69) is 10.3 Å². The Bertz CT molecular complexity index is 720. The second kappa shape index (κ2) is 6.43. The third-order valence-electron chi connectivity index (χ3n) is 3.93. The van der Waals surface area contributed by atoms with Crippen molar-refractivity contribution in [2.24, 2.45) is 0 Å². The zero-order valence-corrected chi connectivity index (χ0v) is 12.4. The van der Waals surface area contributed by atoms with Crippen LogP contribution < -0.4 is 5.32 Å². The maximum Gasteiger partial charge on any atom is 0.322 e. The Morgan fingerprint density at radius 3 is 2.87 bits per heavy atom. The Hall–Kier alpha value is -2.96. The molecule has 7 nitrogen and oxygen atoms in total. The van der Waals surface area contributed by atoms with E-state index in [9.17, 15) is 14.9 Å². The van der Waals surface area contributed by atoms with Crippen molar-refractivity contribution in [2.75, 3.05) is 11.9 Å². The van der Waals surface area contributed by atoms with E-state index in [1.807, 2.05) is 12.1 Å². The highest BCUT2D eigenvalue weighted by Crippen LogP contribution is 2.32. The predicted molar refractivity (Wildman–Crippen MR) is 85.0 cm³/mol. The van der Waals surface area contributed by atoms with Gasteiger partial charge in [0.2, 0.25) is 0 Å². The summed E-state index contributed by atoms with van der Waals surface area (Å²) in [6.07, 6.45) is 5.19. The van der Waals surface area contributed by atoms with Crippen LogP contribution in [0.25, 0.3) is 0 Å². The monoisotopic (exact) mass is 312 g/mol. The van der Waals surface area contributed by atoms with Gasteiger partial charge in [-0.2, -0.15) is 0 Å². The van der Waals surface area contributed by atoms with Crippen LogP contribution in [0.15, 0.2) is 48.8 Å². The second-order valence-corrected chi connectivity index (χ2v) is 5.34. The number of amides is 2. The molecule has 2 amide bonds. The quantitative estimate of drug-likeness (QED) is 0.695. The van der Waals surface area contributed by atoms with E-state index in [0.717, 1.165) is 18.4 Å². The van der Waals surface area contributed by atoms with Crippen molar-refractivity contribution in [3.05, 3.63) is 64.5 Å². The second-order valence-electron chi connectivity index (χ2n) is 5.34. The molecule has 0 radical (unpaired) electrons. The van der Waals surface area contributed by atoms with Crippen LogP contribution in [0.2, 0.25) is 0 Å². The van der Waals surface area contributed by atoms with E-state index >= 15 is 0 Å². The largest absolute Gasteiger partial charge is 0.322 e. The maximum atomic E-state index is 12.5. The van der Waals surface area contributed by atoms with Gasteiger partial charge in [-0.1, -0.05) is 18.2 Å². The lowest BCUT2D eigenvalue weighted by atomic mass is 10.1. The molecule has 1 saturated heterocycles. The lowest BCUT2D eigenvalue weighted by Crippen LogP contribution is -2.34. The van der Waals surface area contributed by atoms with E-state index in [-0.39, 0.29) is 23.4 Å². The van der Waals surface area contributed by atoms with Gasteiger partial charge in [-0.05, 0) is 30.5 Å². The molecule has 0 spiro atoms. The smallest absolute Gasteiger partial charge is 0.317 e. The van der Waals surface area contributed by atoms with Crippen LogP contribution in [0, 0.1) is 10.1 Å². The number of para-hydroxylation sites is 2. The number of carbonyl (C=O) groups excluding carboxylic acids is 1. The van der Waals surface area contributed by atoms with Gasteiger partial charge in [0.25, 0.3) is 5.69 Å². The summed E-state index contributed by atoms with van der Waals surface area (Å²) >= 11 is 0. The van der Waals surface area contributed by atoms with E-state index in [0.29, 0.717) is 6.54 Å². The fraction of sp³-hybridized carbons (Fsp3) is 0.250. The molecule has 1 aromatic heterocycles. The van der Waals surface area contributed by atoms with Gasteiger partial charge in [-0.15, -0.1) is 0 Å². The van der Waals surface area contributed by atoms with Gasteiger partial charge < -0.3 is 10.2 Å². The number of rotatable bonds is 3. The molecule has 0 bridgehead atoms. The molecule has 1 fully saturated rings. The summed E-state index contributed by atoms with van der Waals surface area (Å²) in [5, 5.41) is 13.7. The van der Waals surface area contributed by atoms with Gasteiger partial charge in [0.05, 0.1) is 11.0 Å². The topological polar surface area (TPSA) is 88.4 Å². The number of hydrogen-bond acceptors (Lipinski definition) is 4. The van der Waals surface area contributed by atoms with Crippen LogP contribution in [-0.2, 0) is 0 Å². The van der Waals surface area contributed by atoms with Crippen LogP contribution in [0.1, 0.15) is 24.4 Å². The minimum absolute atomic E-state index is 0.0496. The molecular formula is C16H16N4O3. The number of nitrogens with one attached hydrogen (secondary N) is 1. The Morgan fingerprint density at radius 2 is 2.13 bits per heavy atom. The van der Waals surface area contributed by atoms with Crippen molar-refractivity contribution in [1.29, 1.82) is 0 Å². The van der Waals surface area contributed by atoms with Crippen LogP contribution in [0.4, 0.5) is 16.2 Å². The molecule has 2 aromatic rings. The number of likely N-dealkylation sites (tertiary alicyclic amines) is 1. The molecule has 118 valence electrons. The number of urea groups is 1. The first kappa shape index (κ1) is 15.0. The Kier molecular flexibility index (Phi) is 4.18. The molecule has 3 rings (SSSR count). The van der Waals surface area contributed by atoms with Crippen molar-refractivity contribution in [3.63, 3.8) is 0 Å². The average molecular weight is 312 g/mol. The highest BCUT2D eigenvalue weighted by Gasteiger charge is 2.31. The number of aromatic nitrogens is 1. The normalized spacial score (nSPS) is 17.0. The number of nitrogens with zero attached hydrogens (tertiary/aromatic N) is 3. The molecule has 7 heteroatoms. The minimum Gasteiger partial charge on any atom is -0.317 e. The van der Waals surface area contributed by atoms with E-state index in [1.54, 1.807) is 29.4 Å². The van der Waals surface area contributed by atoms with Gasteiger partial charge in [-0.25, -0.2) is 4.79 Å². The average Bonchev–Trinajstić information content (AvgIpc) is 3.05. The fourth-order valence-corrected chi connectivity index (χ4v) is 2.85. The Balaban J connectivity index is 1.79. The summed E-state index contributed by atoms with van der Waals surface area (Å²) in [6, 6.07) is 9.54. The van der Waals surface area contributed by atoms with Gasteiger partial charge in [-0.3, -0.25) is 15.1 Å². The van der Waals surface area contributed by atoms with E-state index in [4.69, 9.17) is 0 Å². The zero-order valence-electron chi connectivity index (χ0n) is 12.4. The standard InChI is InChI=1S/C16H16N4O3/c21-16(18-13-6-1-2-7-15(13)20(22)23)19-10-4-8-14(19)12-5-3-9-17-11-12/h1-3,5-7,9,11,14H,4,8,10H2,(H,18,21). The molecular weight excluding hydrogens is 296 g/mol. The summed E-state index contributed by atoms with van der Waals surface area (Å²) in [7, 11) is 0. The number of carbonyl (C=O) groups is 1. The molecule has 1 N–H and O–H groups in total. The lowest BCUT2D eigenvalue weighted by molar-refractivity contribution is -0.383. The number of nitro groups is 1. The van der Waals surface area contributed by atoms with Gasteiger partial charge >= 0.3 is 6.03 Å². The summed E-state index contributed by atoms with van der Waals surface area (Å²) in [5.41, 5.74) is 1.07. The number of nitro benzene ring substituents is 1. The highest BCUT2D eigenvalue weighted by atomic mass is 16.6. The Morgan fingerprint density at radius 1 is 1.30 bits per heavy atom. The summed E-state index contributed by atoms with van der Waals surface area (Å²) in [6.45, 7) is 0.617. The molecule has 0 aliphatic carbocycles. The van der Waals surface area contributed by atoms with Crippen molar-refractivity contribution < 1.29 is 9.72 Å². The Labute approximate surface area is 133 Å². The fourth-order valence-electron chi connectivity index (χ4n) is 2.85. The van der Waals surface area contributed by atoms with Crippen molar-refractivity contribution in [3.8, 4) is 0 Å². The predicted octanol–water partition coefficient (Wildman–Crippen LogP) is 3.36.